The number of hydrogen-bond acceptors (Lipinski definition) is 4. The number of amides is 1. The smallest absolute Gasteiger partial charge is 0.243 e. The first kappa shape index (κ1) is 22.9. The molecule has 3 rings (SSSR count). The molecule has 2 heterocycles. The van der Waals surface area contributed by atoms with Crippen LogP contribution in [0, 0.1) is 0 Å². The van der Waals surface area contributed by atoms with Gasteiger partial charge in [0.2, 0.25) is 5.91 Å². The standard InChI is InChI=1S/C21H28N6O.HI/c1-3-17-7-6-8-18(15-17)25-20(28)16-24-21(22-2)27-13-11-26(12-14-27)19-9-4-5-10-23-19;/h4-10,15H,3,11-14,16H2,1-2H3,(H,22,24)(H,25,28);1H. The van der Waals surface area contributed by atoms with Crippen molar-refractivity contribution in [2.45, 2.75) is 13.3 Å². The number of halogens is 1. The van der Waals surface area contributed by atoms with E-state index >= 15 is 0 Å². The van der Waals surface area contributed by atoms with Gasteiger partial charge in [0.05, 0.1) is 6.54 Å². The molecule has 29 heavy (non-hydrogen) atoms. The fraction of sp³-hybridized carbons (Fsp3) is 0.381. The second-order valence-electron chi connectivity index (χ2n) is 6.66. The number of aliphatic imine (C=N–C) groups is 1. The number of piperazine rings is 1. The molecule has 156 valence electrons. The summed E-state index contributed by atoms with van der Waals surface area (Å²) in [6.45, 7) is 5.68. The average Bonchev–Trinajstić information content (AvgIpc) is 2.75. The molecule has 2 aromatic rings. The molecule has 0 aliphatic carbocycles. The minimum Gasteiger partial charge on any atom is -0.353 e. The van der Waals surface area contributed by atoms with E-state index in [1.54, 1.807) is 7.05 Å². The zero-order valence-corrected chi connectivity index (χ0v) is 19.3. The molecule has 0 bridgehead atoms. The number of guanidine groups is 1. The number of benzene rings is 1. The highest BCUT2D eigenvalue weighted by Crippen LogP contribution is 2.13. The van der Waals surface area contributed by atoms with Gasteiger partial charge in [-0.25, -0.2) is 4.98 Å². The predicted octanol–water partition coefficient (Wildman–Crippen LogP) is 2.60. The van der Waals surface area contributed by atoms with E-state index in [1.807, 2.05) is 42.6 Å². The van der Waals surface area contributed by atoms with E-state index in [9.17, 15) is 4.79 Å². The van der Waals surface area contributed by atoms with Gasteiger partial charge < -0.3 is 20.4 Å². The lowest BCUT2D eigenvalue weighted by molar-refractivity contribution is -0.115. The monoisotopic (exact) mass is 508 g/mol. The molecule has 1 aromatic carbocycles. The SMILES string of the molecule is CCc1cccc(NC(=O)CNC(=NC)N2CCN(c3ccccn3)CC2)c1.I. The highest BCUT2D eigenvalue weighted by molar-refractivity contribution is 14.0. The van der Waals surface area contributed by atoms with E-state index in [0.29, 0.717) is 0 Å². The molecule has 1 aromatic heterocycles. The summed E-state index contributed by atoms with van der Waals surface area (Å²) >= 11 is 0. The summed E-state index contributed by atoms with van der Waals surface area (Å²) < 4.78 is 0. The highest BCUT2D eigenvalue weighted by Gasteiger charge is 2.20. The van der Waals surface area contributed by atoms with Crippen LogP contribution in [0.3, 0.4) is 0 Å². The van der Waals surface area contributed by atoms with Crippen LogP contribution in [0.5, 0.6) is 0 Å². The molecule has 0 spiro atoms. The van der Waals surface area contributed by atoms with E-state index in [-0.39, 0.29) is 36.4 Å². The molecule has 0 radical (unpaired) electrons. The van der Waals surface area contributed by atoms with E-state index in [1.165, 1.54) is 5.56 Å². The number of nitrogens with zero attached hydrogens (tertiary/aromatic N) is 4. The molecule has 1 saturated heterocycles. The first-order valence-electron chi connectivity index (χ1n) is 9.70. The summed E-state index contributed by atoms with van der Waals surface area (Å²) in [6, 6.07) is 13.9. The Morgan fingerprint density at radius 1 is 1.14 bits per heavy atom. The quantitative estimate of drug-likeness (QED) is 0.369. The van der Waals surface area contributed by atoms with E-state index in [4.69, 9.17) is 0 Å². The third-order valence-electron chi connectivity index (χ3n) is 4.79. The molecule has 0 saturated carbocycles. The fourth-order valence-corrected chi connectivity index (χ4v) is 3.25. The van der Waals surface area contributed by atoms with Crippen LogP contribution in [0.2, 0.25) is 0 Å². The van der Waals surface area contributed by atoms with Gasteiger partial charge >= 0.3 is 0 Å². The van der Waals surface area contributed by atoms with Crippen molar-refractivity contribution in [2.24, 2.45) is 4.99 Å². The van der Waals surface area contributed by atoms with Crippen LogP contribution in [0.25, 0.3) is 0 Å². The maximum absolute atomic E-state index is 12.3. The van der Waals surface area contributed by atoms with Gasteiger partial charge in [-0.2, -0.15) is 0 Å². The molecule has 2 N–H and O–H groups in total. The number of nitrogens with one attached hydrogen (secondary N) is 2. The third-order valence-corrected chi connectivity index (χ3v) is 4.79. The normalized spacial score (nSPS) is 14.2. The fourth-order valence-electron chi connectivity index (χ4n) is 3.25. The van der Waals surface area contributed by atoms with Crippen molar-refractivity contribution in [3.63, 3.8) is 0 Å². The van der Waals surface area contributed by atoms with Gasteiger partial charge in [0, 0.05) is 45.1 Å². The van der Waals surface area contributed by atoms with Crippen molar-refractivity contribution < 1.29 is 4.79 Å². The van der Waals surface area contributed by atoms with Crippen LogP contribution in [-0.2, 0) is 11.2 Å². The number of aromatic nitrogens is 1. The van der Waals surface area contributed by atoms with Gasteiger partial charge in [-0.05, 0) is 36.2 Å². The van der Waals surface area contributed by atoms with Gasteiger partial charge in [0.15, 0.2) is 5.96 Å². The van der Waals surface area contributed by atoms with Crippen molar-refractivity contribution in [3.05, 3.63) is 54.2 Å². The number of hydrogen-bond donors (Lipinski definition) is 2. The van der Waals surface area contributed by atoms with Crippen LogP contribution < -0.4 is 15.5 Å². The Balaban J connectivity index is 0.00000300. The van der Waals surface area contributed by atoms with Crippen LogP contribution >= 0.6 is 24.0 Å². The zero-order valence-electron chi connectivity index (χ0n) is 17.0. The molecular formula is C21H29IN6O. The van der Waals surface area contributed by atoms with Crippen LogP contribution in [0.4, 0.5) is 11.5 Å². The number of carbonyl (C=O) groups is 1. The van der Waals surface area contributed by atoms with Crippen molar-refractivity contribution in [3.8, 4) is 0 Å². The van der Waals surface area contributed by atoms with E-state index in [2.05, 4.69) is 43.4 Å². The lowest BCUT2D eigenvalue weighted by Gasteiger charge is -2.37. The summed E-state index contributed by atoms with van der Waals surface area (Å²) in [4.78, 5) is 25.5. The first-order chi connectivity index (χ1) is 13.7. The second-order valence-corrected chi connectivity index (χ2v) is 6.66. The lowest BCUT2D eigenvalue weighted by Crippen LogP contribution is -2.53. The summed E-state index contributed by atoms with van der Waals surface area (Å²) in [6.07, 6.45) is 2.76. The summed E-state index contributed by atoms with van der Waals surface area (Å²) in [5.74, 6) is 1.67. The number of carbonyl (C=O) groups excluding carboxylic acids is 1. The number of aryl methyl sites for hydroxylation is 1. The molecular weight excluding hydrogens is 479 g/mol. The molecule has 1 aliphatic rings. The zero-order chi connectivity index (χ0) is 19.8. The van der Waals surface area contributed by atoms with Crippen molar-refractivity contribution in [1.29, 1.82) is 0 Å². The van der Waals surface area contributed by atoms with Crippen LogP contribution in [-0.4, -0.2) is 61.5 Å². The number of anilines is 2. The molecule has 1 aliphatic heterocycles. The molecule has 8 heteroatoms. The average molecular weight is 508 g/mol. The van der Waals surface area contributed by atoms with Crippen molar-refractivity contribution >= 4 is 47.3 Å². The Hall–Kier alpha value is -2.36. The highest BCUT2D eigenvalue weighted by atomic mass is 127. The minimum absolute atomic E-state index is 0. The largest absolute Gasteiger partial charge is 0.353 e. The van der Waals surface area contributed by atoms with Gasteiger partial charge in [0.25, 0.3) is 0 Å². The Labute approximate surface area is 189 Å². The second kappa shape index (κ2) is 11.6. The molecule has 1 amide bonds. The Kier molecular flexibility index (Phi) is 9.17. The van der Waals surface area contributed by atoms with E-state index in [0.717, 1.165) is 50.1 Å². The third kappa shape index (κ3) is 6.59. The van der Waals surface area contributed by atoms with Crippen molar-refractivity contribution in [1.82, 2.24) is 15.2 Å². The lowest BCUT2D eigenvalue weighted by atomic mass is 10.1. The van der Waals surface area contributed by atoms with Crippen LogP contribution in [0.1, 0.15) is 12.5 Å². The topological polar surface area (TPSA) is 72.9 Å². The van der Waals surface area contributed by atoms with Gasteiger partial charge in [0.1, 0.15) is 5.82 Å². The summed E-state index contributed by atoms with van der Waals surface area (Å²) in [5.41, 5.74) is 2.03. The van der Waals surface area contributed by atoms with Crippen molar-refractivity contribution in [2.75, 3.05) is 50.0 Å². The number of pyridine rings is 1. The maximum Gasteiger partial charge on any atom is 0.243 e. The Morgan fingerprint density at radius 2 is 1.93 bits per heavy atom. The molecule has 1 fully saturated rings. The molecule has 0 unspecified atom stereocenters. The maximum atomic E-state index is 12.3. The van der Waals surface area contributed by atoms with E-state index < -0.39 is 0 Å². The number of rotatable bonds is 5. The van der Waals surface area contributed by atoms with Gasteiger partial charge in [-0.15, -0.1) is 24.0 Å². The van der Waals surface area contributed by atoms with Gasteiger partial charge in [-0.3, -0.25) is 9.79 Å². The minimum atomic E-state index is -0.0819. The predicted molar refractivity (Wildman–Crippen MR) is 129 cm³/mol. The van der Waals surface area contributed by atoms with Crippen LogP contribution in [0.15, 0.2) is 53.7 Å². The Bertz CT molecular complexity index is 806. The first-order valence-corrected chi connectivity index (χ1v) is 9.70. The summed E-state index contributed by atoms with van der Waals surface area (Å²) in [5, 5.41) is 6.11. The van der Waals surface area contributed by atoms with Gasteiger partial charge in [-0.1, -0.05) is 25.1 Å². The molecule has 7 nitrogen and oxygen atoms in total. The molecule has 0 atom stereocenters. The summed E-state index contributed by atoms with van der Waals surface area (Å²) in [7, 11) is 1.75. The Morgan fingerprint density at radius 3 is 2.59 bits per heavy atom.